The highest BCUT2D eigenvalue weighted by Gasteiger charge is 2.33. The molecule has 0 bridgehead atoms. The lowest BCUT2D eigenvalue weighted by Gasteiger charge is -2.32. The van der Waals surface area contributed by atoms with Gasteiger partial charge in [0.05, 0.1) is 11.5 Å². The highest BCUT2D eigenvalue weighted by Crippen LogP contribution is 2.26. The third kappa shape index (κ3) is 3.40. The average Bonchev–Trinajstić information content (AvgIpc) is 2.80. The minimum absolute atomic E-state index is 0.0826. The molecule has 112 valence electrons. The molecule has 5 heteroatoms. The first-order valence-corrected chi connectivity index (χ1v) is 9.00. The van der Waals surface area contributed by atoms with E-state index in [1.807, 2.05) is 7.05 Å². The standard InChI is InChI=1S/C15H24N2O2S/c1-3-12-4-6-13(7-5-12)15(10-16)17(2)14-8-9-20(18,19)11-14/h4-7,14-15H,3,8-11,16H2,1-2H3. The van der Waals surface area contributed by atoms with Crippen molar-refractivity contribution < 1.29 is 8.42 Å². The van der Waals surface area contributed by atoms with E-state index in [4.69, 9.17) is 5.73 Å². The number of nitrogens with zero attached hydrogens (tertiary/aromatic N) is 1. The fourth-order valence-electron chi connectivity index (χ4n) is 2.86. The van der Waals surface area contributed by atoms with Crippen molar-refractivity contribution in [3.8, 4) is 0 Å². The number of aryl methyl sites for hydroxylation is 1. The third-order valence-corrected chi connectivity index (χ3v) is 6.02. The molecule has 1 aliphatic rings. The molecule has 1 aromatic carbocycles. The Morgan fingerprint density at radius 2 is 2.00 bits per heavy atom. The molecule has 1 fully saturated rings. The molecule has 1 aromatic rings. The van der Waals surface area contributed by atoms with Crippen molar-refractivity contribution >= 4 is 9.84 Å². The van der Waals surface area contributed by atoms with Gasteiger partial charge >= 0.3 is 0 Å². The summed E-state index contributed by atoms with van der Waals surface area (Å²) in [6.07, 6.45) is 1.73. The number of sulfone groups is 1. The van der Waals surface area contributed by atoms with E-state index in [1.54, 1.807) is 0 Å². The Balaban J connectivity index is 2.14. The van der Waals surface area contributed by atoms with Crippen molar-refractivity contribution in [3.05, 3.63) is 35.4 Å². The second-order valence-electron chi connectivity index (χ2n) is 5.57. The lowest BCUT2D eigenvalue weighted by molar-refractivity contribution is 0.192. The lowest BCUT2D eigenvalue weighted by atomic mass is 10.0. The fourth-order valence-corrected chi connectivity index (χ4v) is 4.65. The normalized spacial score (nSPS) is 23.1. The van der Waals surface area contributed by atoms with Gasteiger partial charge in [0.25, 0.3) is 0 Å². The van der Waals surface area contributed by atoms with Gasteiger partial charge in [0.2, 0.25) is 0 Å². The zero-order chi connectivity index (χ0) is 14.8. The van der Waals surface area contributed by atoms with Crippen LogP contribution >= 0.6 is 0 Å². The molecule has 0 amide bonds. The molecule has 1 saturated heterocycles. The Bertz CT molecular complexity index is 539. The smallest absolute Gasteiger partial charge is 0.151 e. The van der Waals surface area contributed by atoms with Gasteiger partial charge in [-0.2, -0.15) is 0 Å². The van der Waals surface area contributed by atoms with Gasteiger partial charge in [0, 0.05) is 18.6 Å². The van der Waals surface area contributed by atoms with Crippen molar-refractivity contribution in [2.45, 2.75) is 31.8 Å². The maximum atomic E-state index is 11.6. The van der Waals surface area contributed by atoms with Crippen LogP contribution in [-0.4, -0.2) is 44.5 Å². The topological polar surface area (TPSA) is 63.4 Å². The summed E-state index contributed by atoms with van der Waals surface area (Å²) in [7, 11) is -0.875. The Kier molecular flexibility index (Phi) is 4.83. The molecule has 1 heterocycles. The molecule has 0 spiro atoms. The first-order chi connectivity index (χ1) is 9.46. The van der Waals surface area contributed by atoms with Crippen molar-refractivity contribution in [1.82, 2.24) is 4.90 Å². The Morgan fingerprint density at radius 3 is 2.45 bits per heavy atom. The van der Waals surface area contributed by atoms with Crippen LogP contribution in [0.1, 0.15) is 30.5 Å². The number of nitrogens with two attached hydrogens (primary N) is 1. The minimum Gasteiger partial charge on any atom is -0.329 e. The number of hydrogen-bond donors (Lipinski definition) is 1. The van der Waals surface area contributed by atoms with Crippen molar-refractivity contribution in [2.75, 3.05) is 25.1 Å². The largest absolute Gasteiger partial charge is 0.329 e. The van der Waals surface area contributed by atoms with E-state index in [2.05, 4.69) is 36.1 Å². The predicted octanol–water partition coefficient (Wildman–Crippen LogP) is 1.37. The second-order valence-corrected chi connectivity index (χ2v) is 7.80. The molecule has 2 atom stereocenters. The van der Waals surface area contributed by atoms with Crippen LogP contribution in [0.5, 0.6) is 0 Å². The summed E-state index contributed by atoms with van der Waals surface area (Å²) in [5, 5.41) is 0. The van der Waals surface area contributed by atoms with Crippen LogP contribution in [0.2, 0.25) is 0 Å². The zero-order valence-corrected chi connectivity index (χ0v) is 13.1. The zero-order valence-electron chi connectivity index (χ0n) is 12.2. The predicted molar refractivity (Wildman–Crippen MR) is 82.4 cm³/mol. The minimum atomic E-state index is -2.86. The highest BCUT2D eigenvalue weighted by atomic mass is 32.2. The number of benzene rings is 1. The quantitative estimate of drug-likeness (QED) is 0.891. The lowest BCUT2D eigenvalue weighted by Crippen LogP contribution is -2.39. The molecule has 0 radical (unpaired) electrons. The number of likely N-dealkylation sites (N-methyl/N-ethyl adjacent to an activating group) is 1. The van der Waals surface area contributed by atoms with Crippen LogP contribution in [0.4, 0.5) is 0 Å². The SMILES string of the molecule is CCc1ccc(C(CN)N(C)C2CCS(=O)(=O)C2)cc1. The van der Waals surface area contributed by atoms with E-state index in [-0.39, 0.29) is 17.8 Å². The first kappa shape index (κ1) is 15.5. The Morgan fingerprint density at radius 1 is 1.35 bits per heavy atom. The Hall–Kier alpha value is -0.910. The third-order valence-electron chi connectivity index (χ3n) is 4.27. The molecule has 2 unspecified atom stereocenters. The van der Waals surface area contributed by atoms with Gasteiger partial charge in [-0.05, 0) is 31.0 Å². The fraction of sp³-hybridized carbons (Fsp3) is 0.600. The molecule has 0 saturated carbocycles. The number of rotatable bonds is 5. The van der Waals surface area contributed by atoms with Gasteiger partial charge < -0.3 is 5.73 Å². The molecule has 1 aliphatic heterocycles. The summed E-state index contributed by atoms with van der Waals surface area (Å²) < 4.78 is 23.2. The van der Waals surface area contributed by atoms with E-state index in [0.29, 0.717) is 18.7 Å². The molecule has 2 N–H and O–H groups in total. The maximum Gasteiger partial charge on any atom is 0.151 e. The maximum absolute atomic E-state index is 11.6. The monoisotopic (exact) mass is 296 g/mol. The summed E-state index contributed by atoms with van der Waals surface area (Å²) in [6, 6.07) is 8.62. The van der Waals surface area contributed by atoms with Crippen LogP contribution in [0.15, 0.2) is 24.3 Å². The van der Waals surface area contributed by atoms with E-state index >= 15 is 0 Å². The van der Waals surface area contributed by atoms with Crippen LogP contribution in [0, 0.1) is 0 Å². The molecular weight excluding hydrogens is 272 g/mol. The first-order valence-electron chi connectivity index (χ1n) is 7.18. The van der Waals surface area contributed by atoms with Gasteiger partial charge in [-0.3, -0.25) is 4.90 Å². The van der Waals surface area contributed by atoms with Crippen LogP contribution < -0.4 is 5.73 Å². The van der Waals surface area contributed by atoms with Crippen LogP contribution in [0.25, 0.3) is 0 Å². The van der Waals surface area contributed by atoms with Gasteiger partial charge in [-0.25, -0.2) is 8.42 Å². The van der Waals surface area contributed by atoms with E-state index in [1.165, 1.54) is 5.56 Å². The molecule has 2 rings (SSSR count). The summed E-state index contributed by atoms with van der Waals surface area (Å²) in [5.41, 5.74) is 8.39. The van der Waals surface area contributed by atoms with Gasteiger partial charge in [-0.1, -0.05) is 31.2 Å². The van der Waals surface area contributed by atoms with Crippen molar-refractivity contribution in [2.24, 2.45) is 5.73 Å². The van der Waals surface area contributed by atoms with Gasteiger partial charge in [-0.15, -0.1) is 0 Å². The number of hydrogen-bond acceptors (Lipinski definition) is 4. The average molecular weight is 296 g/mol. The van der Waals surface area contributed by atoms with E-state index in [9.17, 15) is 8.42 Å². The van der Waals surface area contributed by atoms with Crippen molar-refractivity contribution in [1.29, 1.82) is 0 Å². The van der Waals surface area contributed by atoms with Crippen LogP contribution in [-0.2, 0) is 16.3 Å². The van der Waals surface area contributed by atoms with Gasteiger partial charge in [0.1, 0.15) is 0 Å². The molecular formula is C15H24N2O2S. The Labute approximate surface area is 121 Å². The van der Waals surface area contributed by atoms with E-state index in [0.717, 1.165) is 12.0 Å². The summed E-state index contributed by atoms with van der Waals surface area (Å²) in [5.74, 6) is 0.557. The summed E-state index contributed by atoms with van der Waals surface area (Å²) >= 11 is 0. The second kappa shape index (κ2) is 6.24. The van der Waals surface area contributed by atoms with Crippen molar-refractivity contribution in [3.63, 3.8) is 0 Å². The summed E-state index contributed by atoms with van der Waals surface area (Å²) in [6.45, 7) is 2.63. The molecule has 4 nitrogen and oxygen atoms in total. The highest BCUT2D eigenvalue weighted by molar-refractivity contribution is 7.91. The van der Waals surface area contributed by atoms with Crippen LogP contribution in [0.3, 0.4) is 0 Å². The van der Waals surface area contributed by atoms with Gasteiger partial charge in [0.15, 0.2) is 9.84 Å². The summed E-state index contributed by atoms with van der Waals surface area (Å²) in [4.78, 5) is 2.13. The molecule has 0 aromatic heterocycles. The molecule has 0 aliphatic carbocycles. The van der Waals surface area contributed by atoms with E-state index < -0.39 is 9.84 Å². The molecule has 20 heavy (non-hydrogen) atoms.